The van der Waals surface area contributed by atoms with E-state index in [1.807, 2.05) is 60.7 Å². The van der Waals surface area contributed by atoms with E-state index in [0.29, 0.717) is 39.4 Å². The number of ether oxygens (including phenoxy) is 2. The van der Waals surface area contributed by atoms with Crippen LogP contribution in [0.15, 0.2) is 77.5 Å². The Hall–Kier alpha value is -4.11. The van der Waals surface area contributed by atoms with Crippen molar-refractivity contribution in [1.29, 1.82) is 0 Å². The number of aromatic nitrogens is 1. The van der Waals surface area contributed by atoms with Crippen molar-refractivity contribution in [2.45, 2.75) is 12.6 Å². The van der Waals surface area contributed by atoms with Gasteiger partial charge in [0, 0.05) is 65.2 Å². The summed E-state index contributed by atoms with van der Waals surface area (Å²) in [4.78, 5) is 22.0. The largest absolute Gasteiger partial charge is 0.507 e. The van der Waals surface area contributed by atoms with Gasteiger partial charge in [-0.1, -0.05) is 48.0 Å². The molecule has 1 saturated heterocycles. The topological polar surface area (TPSA) is 88.3 Å². The third kappa shape index (κ3) is 5.22. The number of hydrogen-bond acceptors (Lipinski definition) is 8. The molecule has 2 aromatic heterocycles. The third-order valence-corrected chi connectivity index (χ3v) is 7.95. The van der Waals surface area contributed by atoms with Gasteiger partial charge in [-0.3, -0.25) is 4.90 Å². The lowest BCUT2D eigenvalue weighted by Crippen LogP contribution is -2.46. The van der Waals surface area contributed by atoms with Gasteiger partial charge in [-0.05, 0) is 36.4 Å². The van der Waals surface area contributed by atoms with Crippen molar-refractivity contribution in [2.75, 3.05) is 40.3 Å². The molecule has 0 spiro atoms. The van der Waals surface area contributed by atoms with E-state index in [1.165, 1.54) is 13.4 Å². The Bertz CT molecular complexity index is 1710. The van der Waals surface area contributed by atoms with E-state index in [1.54, 1.807) is 6.20 Å². The number of methoxy groups -OCH3 is 1. The molecule has 8 nitrogen and oxygen atoms in total. The molecule has 0 amide bonds. The van der Waals surface area contributed by atoms with Crippen LogP contribution in [0.3, 0.4) is 0 Å². The van der Waals surface area contributed by atoms with Crippen LogP contribution in [0.2, 0.25) is 5.02 Å². The maximum absolute atomic E-state index is 12.9. The van der Waals surface area contributed by atoms with Crippen molar-refractivity contribution >= 4 is 39.3 Å². The number of carbonyl (C=O) groups excluding carboxylic acids is 1. The van der Waals surface area contributed by atoms with Gasteiger partial charge in [-0.25, -0.2) is 9.78 Å². The van der Waals surface area contributed by atoms with Gasteiger partial charge < -0.3 is 23.9 Å². The number of aromatic hydroxyl groups is 1. The molecule has 1 aliphatic rings. The van der Waals surface area contributed by atoms with Crippen molar-refractivity contribution in [3.8, 4) is 11.6 Å². The zero-order valence-corrected chi connectivity index (χ0v) is 23.6. The van der Waals surface area contributed by atoms with Crippen LogP contribution in [0.4, 0.5) is 0 Å². The predicted octanol–water partition coefficient (Wildman–Crippen LogP) is 6.04. The first kappa shape index (κ1) is 27.1. The number of likely N-dealkylation sites (N-methyl/N-ethyl adjacent to an activating group) is 1. The molecule has 9 heteroatoms. The molecule has 3 heterocycles. The van der Waals surface area contributed by atoms with E-state index in [-0.39, 0.29) is 11.3 Å². The number of rotatable bonds is 7. The van der Waals surface area contributed by atoms with Gasteiger partial charge in [0.05, 0.1) is 13.2 Å². The number of pyridine rings is 1. The number of halogens is 1. The number of carbonyl (C=O) groups is 1. The number of fused-ring (bicyclic) bond motifs is 3. The summed E-state index contributed by atoms with van der Waals surface area (Å²) in [5, 5.41) is 14.5. The molecule has 0 aliphatic carbocycles. The van der Waals surface area contributed by atoms with Crippen LogP contribution in [0.5, 0.6) is 11.6 Å². The second-order valence-electron chi connectivity index (χ2n) is 10.2. The van der Waals surface area contributed by atoms with Gasteiger partial charge in [0.1, 0.15) is 29.8 Å². The summed E-state index contributed by atoms with van der Waals surface area (Å²) in [6.45, 7) is 3.54. The number of piperazine rings is 1. The lowest BCUT2D eigenvalue weighted by molar-refractivity contribution is 0.0601. The van der Waals surface area contributed by atoms with Crippen LogP contribution in [-0.4, -0.2) is 66.2 Å². The number of esters is 1. The van der Waals surface area contributed by atoms with Crippen LogP contribution in [-0.2, 0) is 11.3 Å². The molecule has 0 bridgehead atoms. The molecular weight excluding hydrogens is 542 g/mol. The van der Waals surface area contributed by atoms with Gasteiger partial charge in [-0.15, -0.1) is 0 Å². The molecule has 3 aromatic carbocycles. The number of hydrogen-bond donors (Lipinski definition) is 1. The Morgan fingerprint density at radius 3 is 2.54 bits per heavy atom. The van der Waals surface area contributed by atoms with E-state index in [0.717, 1.165) is 42.7 Å². The Balaban J connectivity index is 1.52. The van der Waals surface area contributed by atoms with Crippen LogP contribution < -0.4 is 4.74 Å². The minimum atomic E-state index is -0.529. The van der Waals surface area contributed by atoms with E-state index in [2.05, 4.69) is 21.8 Å². The van der Waals surface area contributed by atoms with Crippen LogP contribution >= 0.6 is 11.6 Å². The highest BCUT2D eigenvalue weighted by molar-refractivity contribution is 6.30. The number of phenols is 1. The Morgan fingerprint density at radius 1 is 1.07 bits per heavy atom. The van der Waals surface area contributed by atoms with E-state index in [4.69, 9.17) is 25.5 Å². The number of phenolic OH excluding ortho intramolecular Hbond substituents is 1. The summed E-state index contributed by atoms with van der Waals surface area (Å²) >= 11 is 6.03. The van der Waals surface area contributed by atoms with Crippen molar-refractivity contribution in [3.05, 3.63) is 100 Å². The molecule has 6 rings (SSSR count). The molecule has 0 radical (unpaired) electrons. The molecule has 1 N–H and O–H groups in total. The minimum absolute atomic E-state index is 0.101. The second-order valence-corrected chi connectivity index (χ2v) is 10.7. The summed E-state index contributed by atoms with van der Waals surface area (Å²) in [6.07, 6.45) is 3.13. The van der Waals surface area contributed by atoms with Crippen molar-refractivity contribution in [1.82, 2.24) is 14.8 Å². The predicted molar refractivity (Wildman–Crippen MR) is 158 cm³/mol. The molecule has 1 aliphatic heterocycles. The first-order valence-electron chi connectivity index (χ1n) is 13.4. The highest BCUT2D eigenvalue weighted by Crippen LogP contribution is 2.46. The van der Waals surface area contributed by atoms with E-state index in [9.17, 15) is 9.90 Å². The smallest absolute Gasteiger partial charge is 0.341 e. The Kier molecular flexibility index (Phi) is 7.53. The molecule has 1 fully saturated rings. The Labute approximate surface area is 242 Å². The standard InChI is InChI=1S/C32H30ClN3O5/c1-35-13-15-36(16-14-35)29(21-11-12-34-26(17-21)40-18-20-7-9-22(33)10-8-20)28-27-25(32(38)39-2)19-41-31(27)24-6-4-3-5-23(24)30(28)37/h3-12,17,19,29,37H,13-16,18H2,1-2H3. The van der Waals surface area contributed by atoms with Crippen molar-refractivity contribution in [2.24, 2.45) is 0 Å². The third-order valence-electron chi connectivity index (χ3n) is 7.70. The molecule has 41 heavy (non-hydrogen) atoms. The lowest BCUT2D eigenvalue weighted by atomic mass is 9.89. The van der Waals surface area contributed by atoms with Crippen molar-refractivity contribution < 1.29 is 23.8 Å². The maximum atomic E-state index is 12.9. The molecule has 1 unspecified atom stereocenters. The summed E-state index contributed by atoms with van der Waals surface area (Å²) < 4.78 is 17.2. The van der Waals surface area contributed by atoms with Gasteiger partial charge in [0.25, 0.3) is 0 Å². The minimum Gasteiger partial charge on any atom is -0.507 e. The van der Waals surface area contributed by atoms with Crippen LogP contribution in [0.1, 0.15) is 33.1 Å². The average Bonchev–Trinajstić information content (AvgIpc) is 3.44. The number of furan rings is 1. The fourth-order valence-electron chi connectivity index (χ4n) is 5.55. The van der Waals surface area contributed by atoms with Crippen LogP contribution in [0, 0.1) is 0 Å². The molecule has 0 saturated carbocycles. The molecule has 5 aromatic rings. The highest BCUT2D eigenvalue weighted by Gasteiger charge is 2.34. The van der Waals surface area contributed by atoms with E-state index >= 15 is 0 Å². The van der Waals surface area contributed by atoms with E-state index < -0.39 is 12.0 Å². The first-order valence-corrected chi connectivity index (χ1v) is 13.8. The lowest BCUT2D eigenvalue weighted by Gasteiger charge is -2.39. The number of benzene rings is 3. The fraction of sp³-hybridized carbons (Fsp3) is 0.250. The summed E-state index contributed by atoms with van der Waals surface area (Å²) in [7, 11) is 3.44. The zero-order chi connectivity index (χ0) is 28.5. The summed E-state index contributed by atoms with van der Waals surface area (Å²) in [6, 6.07) is 18.4. The maximum Gasteiger partial charge on any atom is 0.341 e. The van der Waals surface area contributed by atoms with Gasteiger partial charge in [0.2, 0.25) is 5.88 Å². The normalized spacial score (nSPS) is 15.3. The molecule has 210 valence electrons. The second kappa shape index (κ2) is 11.4. The summed E-state index contributed by atoms with van der Waals surface area (Å²) in [5.74, 6) is 0.0241. The average molecular weight is 572 g/mol. The Morgan fingerprint density at radius 2 is 1.80 bits per heavy atom. The summed E-state index contributed by atoms with van der Waals surface area (Å²) in [5.41, 5.74) is 3.23. The quantitative estimate of drug-likeness (QED) is 0.236. The van der Waals surface area contributed by atoms with Gasteiger partial charge >= 0.3 is 5.97 Å². The highest BCUT2D eigenvalue weighted by atomic mass is 35.5. The molecular formula is C32H30ClN3O5. The molecule has 1 atom stereocenters. The number of nitrogens with zero attached hydrogens (tertiary/aromatic N) is 3. The SMILES string of the molecule is COC(=O)c1coc2c1c(C(c1ccnc(OCc3ccc(Cl)cc3)c1)N1CCN(C)CC1)c(O)c1ccccc12. The monoisotopic (exact) mass is 571 g/mol. The van der Waals surface area contributed by atoms with Gasteiger partial charge in [0.15, 0.2) is 0 Å². The zero-order valence-electron chi connectivity index (χ0n) is 22.8. The first-order chi connectivity index (χ1) is 19.9. The van der Waals surface area contributed by atoms with Crippen LogP contribution in [0.25, 0.3) is 21.7 Å². The fourth-order valence-corrected chi connectivity index (χ4v) is 5.68. The van der Waals surface area contributed by atoms with Crippen molar-refractivity contribution in [3.63, 3.8) is 0 Å². The van der Waals surface area contributed by atoms with Gasteiger partial charge in [-0.2, -0.15) is 0 Å².